The molecule has 0 aromatic heterocycles. The highest BCUT2D eigenvalue weighted by atomic mass is 19.1. The van der Waals surface area contributed by atoms with E-state index in [1.54, 1.807) is 0 Å². The molecule has 30 heavy (non-hydrogen) atoms. The fourth-order valence-corrected chi connectivity index (χ4v) is 3.58. The zero-order valence-electron chi connectivity index (χ0n) is 16.8. The Balaban J connectivity index is 1.58. The summed E-state index contributed by atoms with van der Waals surface area (Å²) < 4.78 is 14.0. The number of para-hydroxylation sites is 1. The Morgan fingerprint density at radius 3 is 1.77 bits per heavy atom. The van der Waals surface area contributed by atoms with Gasteiger partial charge in [0.15, 0.2) is 0 Å². The Bertz CT molecular complexity index is 1070. The van der Waals surface area contributed by atoms with Gasteiger partial charge in [-0.2, -0.15) is 0 Å². The Hall–Kier alpha value is -3.65. The summed E-state index contributed by atoms with van der Waals surface area (Å²) in [6, 6.07) is 38.8. The van der Waals surface area contributed by atoms with Crippen molar-refractivity contribution < 1.29 is 4.39 Å². The second-order valence-corrected chi connectivity index (χ2v) is 7.25. The van der Waals surface area contributed by atoms with Crippen LogP contribution in [0.3, 0.4) is 0 Å². The number of hydrogen-bond donors (Lipinski definition) is 0. The number of rotatable bonds is 7. The van der Waals surface area contributed by atoms with Gasteiger partial charge in [-0.3, -0.25) is 0 Å². The lowest BCUT2D eigenvalue weighted by molar-refractivity contribution is 0.718. The molecule has 0 unspecified atom stereocenters. The molecule has 0 heterocycles. The summed E-state index contributed by atoms with van der Waals surface area (Å²) in [4.78, 5) is 2.20. The van der Waals surface area contributed by atoms with Crippen molar-refractivity contribution in [1.82, 2.24) is 0 Å². The van der Waals surface area contributed by atoms with Crippen LogP contribution in [0, 0.1) is 0 Å². The van der Waals surface area contributed by atoms with Crippen molar-refractivity contribution in [2.75, 3.05) is 11.4 Å². The third-order valence-corrected chi connectivity index (χ3v) is 5.19. The van der Waals surface area contributed by atoms with Gasteiger partial charge in [-0.15, -0.1) is 0 Å². The van der Waals surface area contributed by atoms with Crippen LogP contribution < -0.4 is 4.90 Å². The Morgan fingerprint density at radius 2 is 1.17 bits per heavy atom. The van der Waals surface area contributed by atoms with Gasteiger partial charge in [0, 0.05) is 24.4 Å². The van der Waals surface area contributed by atoms with Crippen LogP contribution in [0.25, 0.3) is 16.7 Å². The molecule has 0 aliphatic heterocycles. The number of anilines is 1. The van der Waals surface area contributed by atoms with Crippen molar-refractivity contribution in [2.45, 2.75) is 6.54 Å². The molecule has 0 fully saturated rings. The number of hydrogen-bond acceptors (Lipinski definition) is 1. The first-order valence-corrected chi connectivity index (χ1v) is 10.1. The first-order valence-electron chi connectivity index (χ1n) is 10.1. The van der Waals surface area contributed by atoms with Gasteiger partial charge in [-0.05, 0) is 34.4 Å². The monoisotopic (exact) mass is 393 g/mol. The fourth-order valence-electron chi connectivity index (χ4n) is 3.58. The molecular weight excluding hydrogens is 369 g/mol. The number of nitrogens with zero attached hydrogens (tertiary/aromatic N) is 1. The van der Waals surface area contributed by atoms with Crippen molar-refractivity contribution >= 4 is 11.3 Å². The van der Waals surface area contributed by atoms with Gasteiger partial charge in [0.1, 0.15) is 0 Å². The lowest BCUT2D eigenvalue weighted by Gasteiger charge is -2.26. The molecule has 0 atom stereocenters. The minimum absolute atomic E-state index is 0.486. The molecule has 0 spiro atoms. The lowest BCUT2D eigenvalue weighted by Crippen LogP contribution is -2.24. The first-order chi connectivity index (χ1) is 14.8. The minimum Gasteiger partial charge on any atom is -0.363 e. The van der Waals surface area contributed by atoms with Crippen LogP contribution in [0.4, 0.5) is 10.1 Å². The van der Waals surface area contributed by atoms with E-state index in [1.165, 1.54) is 5.56 Å². The molecule has 0 saturated carbocycles. The molecule has 0 N–H and O–H groups in total. The minimum atomic E-state index is 0.486. The maximum absolute atomic E-state index is 14.0. The Kier molecular flexibility index (Phi) is 6.36. The van der Waals surface area contributed by atoms with Crippen molar-refractivity contribution in [3.05, 3.63) is 133 Å². The van der Waals surface area contributed by atoms with Crippen molar-refractivity contribution in [1.29, 1.82) is 0 Å². The normalized spacial score (nSPS) is 11.3. The molecule has 0 amide bonds. The van der Waals surface area contributed by atoms with Crippen LogP contribution in [-0.2, 0) is 6.54 Å². The van der Waals surface area contributed by atoms with Gasteiger partial charge in [0.25, 0.3) is 0 Å². The van der Waals surface area contributed by atoms with Crippen LogP contribution in [0.5, 0.6) is 0 Å². The largest absolute Gasteiger partial charge is 0.363 e. The van der Waals surface area contributed by atoms with E-state index < -0.39 is 0 Å². The molecule has 0 saturated heterocycles. The zero-order valence-corrected chi connectivity index (χ0v) is 16.8. The number of halogens is 1. The molecule has 1 nitrogen and oxygen atoms in total. The highest BCUT2D eigenvalue weighted by Crippen LogP contribution is 2.26. The average molecular weight is 394 g/mol. The molecule has 4 aromatic carbocycles. The smallest absolute Gasteiger partial charge is 0.0922 e. The van der Waals surface area contributed by atoms with Crippen LogP contribution in [0.1, 0.15) is 11.1 Å². The maximum Gasteiger partial charge on any atom is 0.0922 e. The van der Waals surface area contributed by atoms with E-state index in [0.29, 0.717) is 18.7 Å². The van der Waals surface area contributed by atoms with E-state index >= 15 is 0 Å². The highest BCUT2D eigenvalue weighted by Gasteiger charge is 2.12. The zero-order chi connectivity index (χ0) is 20.6. The van der Waals surface area contributed by atoms with Crippen LogP contribution in [-0.4, -0.2) is 6.54 Å². The second-order valence-electron chi connectivity index (χ2n) is 7.25. The molecular formula is C28H24FN. The van der Waals surface area contributed by atoms with Crippen LogP contribution >= 0.6 is 0 Å². The van der Waals surface area contributed by atoms with Crippen molar-refractivity contribution in [3.63, 3.8) is 0 Å². The predicted molar refractivity (Wildman–Crippen MR) is 125 cm³/mol. The van der Waals surface area contributed by atoms with E-state index in [-0.39, 0.29) is 0 Å². The van der Waals surface area contributed by atoms with E-state index in [1.807, 2.05) is 66.7 Å². The summed E-state index contributed by atoms with van der Waals surface area (Å²) in [7, 11) is 0. The van der Waals surface area contributed by atoms with Gasteiger partial charge in [0.05, 0.1) is 6.33 Å². The molecule has 2 heteroatoms. The summed E-state index contributed by atoms with van der Waals surface area (Å²) >= 11 is 0. The fraction of sp³-hybridized carbons (Fsp3) is 0.0714. The molecule has 4 aromatic rings. The SMILES string of the molecule is F/C=C(/CN(Cc1ccccc1)c1ccccc1)c1ccc(-c2ccccc2)cc1. The summed E-state index contributed by atoms with van der Waals surface area (Å²) in [5.74, 6) is 0. The van der Waals surface area contributed by atoms with Gasteiger partial charge in [-0.25, -0.2) is 4.39 Å². The van der Waals surface area contributed by atoms with E-state index in [9.17, 15) is 4.39 Å². The Labute approximate surface area is 177 Å². The van der Waals surface area contributed by atoms with Crippen LogP contribution in [0.15, 0.2) is 122 Å². The standard InChI is InChI=1S/C28H24FN/c29-20-27(26-18-16-25(17-19-26)24-12-6-2-7-13-24)22-30(28-14-8-3-9-15-28)21-23-10-4-1-5-11-23/h1-20H,21-22H2/b27-20-. The van der Waals surface area contributed by atoms with Gasteiger partial charge in [-0.1, -0.05) is 103 Å². The summed E-state index contributed by atoms with van der Waals surface area (Å²) in [5, 5.41) is 0. The molecule has 0 radical (unpaired) electrons. The van der Waals surface area contributed by atoms with E-state index in [4.69, 9.17) is 0 Å². The third kappa shape index (κ3) is 4.84. The number of benzene rings is 4. The summed E-state index contributed by atoms with van der Waals surface area (Å²) in [6.07, 6.45) is 0.735. The highest BCUT2D eigenvalue weighted by molar-refractivity contribution is 5.72. The summed E-state index contributed by atoms with van der Waals surface area (Å²) in [5.41, 5.74) is 6.10. The molecule has 4 rings (SSSR count). The van der Waals surface area contributed by atoms with Crippen molar-refractivity contribution in [3.8, 4) is 11.1 Å². The third-order valence-electron chi connectivity index (χ3n) is 5.19. The summed E-state index contributed by atoms with van der Waals surface area (Å²) in [6.45, 7) is 1.20. The molecule has 148 valence electrons. The van der Waals surface area contributed by atoms with E-state index in [0.717, 1.165) is 28.7 Å². The van der Waals surface area contributed by atoms with Gasteiger partial charge in [0.2, 0.25) is 0 Å². The molecule has 0 aliphatic carbocycles. The van der Waals surface area contributed by atoms with Crippen LogP contribution in [0.2, 0.25) is 0 Å². The van der Waals surface area contributed by atoms with Crippen molar-refractivity contribution in [2.24, 2.45) is 0 Å². The second kappa shape index (κ2) is 9.71. The van der Waals surface area contributed by atoms with Gasteiger partial charge >= 0.3 is 0 Å². The predicted octanol–water partition coefficient (Wildman–Crippen LogP) is 7.37. The molecule has 0 aliphatic rings. The average Bonchev–Trinajstić information content (AvgIpc) is 2.84. The topological polar surface area (TPSA) is 3.24 Å². The van der Waals surface area contributed by atoms with E-state index in [2.05, 4.69) is 53.4 Å². The van der Waals surface area contributed by atoms with Gasteiger partial charge < -0.3 is 4.90 Å². The maximum atomic E-state index is 14.0. The first kappa shape index (κ1) is 19.7. The lowest BCUT2D eigenvalue weighted by atomic mass is 10.0. The quantitative estimate of drug-likeness (QED) is 0.317. The Morgan fingerprint density at radius 1 is 0.633 bits per heavy atom. The molecule has 0 bridgehead atoms.